The van der Waals surface area contributed by atoms with Crippen LogP contribution in [-0.2, 0) is 14.8 Å². The van der Waals surface area contributed by atoms with E-state index < -0.39 is 27.8 Å². The van der Waals surface area contributed by atoms with Crippen molar-refractivity contribution in [2.24, 2.45) is 0 Å². The molecule has 2 heterocycles. The number of carbonyl (C=O) groups excluding carboxylic acids is 1. The molecule has 1 aromatic carbocycles. The molecule has 1 aromatic heterocycles. The lowest BCUT2D eigenvalue weighted by Gasteiger charge is -2.18. The minimum absolute atomic E-state index is 0.125. The van der Waals surface area contributed by atoms with Crippen molar-refractivity contribution < 1.29 is 17.6 Å². The van der Waals surface area contributed by atoms with Crippen molar-refractivity contribution in [1.29, 1.82) is 0 Å². The van der Waals surface area contributed by atoms with E-state index in [1.165, 1.54) is 34.4 Å². The third-order valence-electron chi connectivity index (χ3n) is 4.25. The summed E-state index contributed by atoms with van der Waals surface area (Å²) in [6.45, 7) is 5.75. The minimum Gasteiger partial charge on any atom is -0.308 e. The highest BCUT2D eigenvalue weighted by molar-refractivity contribution is 7.92. The monoisotopic (exact) mass is 440 g/mol. The molecule has 0 unspecified atom stereocenters. The van der Waals surface area contributed by atoms with Gasteiger partial charge < -0.3 is 4.90 Å². The van der Waals surface area contributed by atoms with Crippen LogP contribution in [0, 0.1) is 5.82 Å². The number of benzene rings is 1. The molecule has 1 N–H and O–H groups in total. The number of nitrogens with one attached hydrogen (secondary N) is 1. The molecule has 28 heavy (non-hydrogen) atoms. The number of thiophene rings is 1. The number of amides is 1. The molecule has 5 nitrogen and oxygen atoms in total. The van der Waals surface area contributed by atoms with Crippen LogP contribution in [-0.4, -0.2) is 26.9 Å². The smallest absolute Gasteiger partial charge is 0.245 e. The van der Waals surface area contributed by atoms with E-state index in [0.29, 0.717) is 20.4 Å². The van der Waals surface area contributed by atoms with Gasteiger partial charge in [-0.15, -0.1) is 11.3 Å². The molecule has 1 aliphatic rings. The summed E-state index contributed by atoms with van der Waals surface area (Å²) in [5, 5.41) is 0.993. The zero-order chi connectivity index (χ0) is 20.5. The normalized spacial score (nSPS) is 17.6. The van der Waals surface area contributed by atoms with Gasteiger partial charge in [-0.1, -0.05) is 29.8 Å². The van der Waals surface area contributed by atoms with Gasteiger partial charge >= 0.3 is 0 Å². The summed E-state index contributed by atoms with van der Waals surface area (Å²) < 4.78 is 41.8. The number of halogens is 2. The number of carbonyl (C=O) groups is 1. The highest BCUT2D eigenvalue weighted by Crippen LogP contribution is 2.28. The van der Waals surface area contributed by atoms with Crippen LogP contribution in [0.3, 0.4) is 0 Å². The molecule has 1 aliphatic heterocycles. The Morgan fingerprint density at radius 1 is 1.39 bits per heavy atom. The van der Waals surface area contributed by atoms with Crippen LogP contribution in [0.5, 0.6) is 0 Å². The van der Waals surface area contributed by atoms with E-state index in [-0.39, 0.29) is 18.7 Å². The zero-order valence-electron chi connectivity index (χ0n) is 15.0. The Kier molecular flexibility index (Phi) is 6.04. The number of hydrogen-bond donors (Lipinski definition) is 1. The van der Waals surface area contributed by atoms with Gasteiger partial charge in [0, 0.05) is 16.8 Å². The van der Waals surface area contributed by atoms with E-state index in [4.69, 9.17) is 11.6 Å². The molecule has 0 bridgehead atoms. The molecule has 9 heteroatoms. The van der Waals surface area contributed by atoms with Crippen LogP contribution in [0.4, 0.5) is 10.1 Å². The van der Waals surface area contributed by atoms with Gasteiger partial charge in [-0.2, -0.15) is 4.72 Å². The average molecular weight is 441 g/mol. The molecular formula is C19H18ClFN2O3S2. The Labute approximate surface area is 172 Å². The molecule has 0 spiro atoms. The van der Waals surface area contributed by atoms with Gasteiger partial charge in [0.05, 0.1) is 10.0 Å². The summed E-state index contributed by atoms with van der Waals surface area (Å²) in [5.74, 6) is -1.04. The summed E-state index contributed by atoms with van der Waals surface area (Å²) in [5.41, 5.74) is 1.48. The van der Waals surface area contributed by atoms with Gasteiger partial charge in [-0.05, 0) is 49.2 Å². The van der Waals surface area contributed by atoms with Crippen LogP contribution in [0.15, 0.2) is 42.3 Å². The van der Waals surface area contributed by atoms with Gasteiger partial charge in [0.25, 0.3) is 0 Å². The maximum Gasteiger partial charge on any atom is 0.245 e. The third-order valence-corrected chi connectivity index (χ3v) is 6.55. The van der Waals surface area contributed by atoms with Crippen molar-refractivity contribution in [3.05, 3.63) is 62.9 Å². The third kappa shape index (κ3) is 4.70. The first kappa shape index (κ1) is 20.7. The van der Waals surface area contributed by atoms with Crippen molar-refractivity contribution in [3.63, 3.8) is 0 Å². The quantitative estimate of drug-likeness (QED) is 0.729. The second kappa shape index (κ2) is 8.16. The fraction of sp³-hybridized carbons (Fsp3) is 0.211. The summed E-state index contributed by atoms with van der Waals surface area (Å²) in [4.78, 5) is 14.5. The van der Waals surface area contributed by atoms with Gasteiger partial charge in [-0.25, -0.2) is 12.8 Å². The molecule has 0 radical (unpaired) electrons. The van der Waals surface area contributed by atoms with Crippen LogP contribution >= 0.6 is 22.9 Å². The number of hydrogen-bond acceptors (Lipinski definition) is 4. The lowest BCUT2D eigenvalue weighted by molar-refractivity contribution is -0.118. The SMILES string of the molecule is C=C(C)c1ccc(N2CC[C@H](NS(=O)(=O)C=Cc3ccc(Cl)s3)C2=O)c(F)c1. The first-order valence-corrected chi connectivity index (χ1v) is 11.1. The van der Waals surface area contributed by atoms with E-state index in [0.717, 1.165) is 5.41 Å². The molecule has 1 fully saturated rings. The first-order valence-electron chi connectivity index (χ1n) is 8.39. The van der Waals surface area contributed by atoms with Crippen molar-refractivity contribution in [1.82, 2.24) is 4.72 Å². The Morgan fingerprint density at radius 3 is 2.75 bits per heavy atom. The predicted molar refractivity (Wildman–Crippen MR) is 112 cm³/mol. The zero-order valence-corrected chi connectivity index (χ0v) is 17.4. The van der Waals surface area contributed by atoms with E-state index in [9.17, 15) is 17.6 Å². The van der Waals surface area contributed by atoms with Crippen LogP contribution in [0.2, 0.25) is 4.34 Å². The fourth-order valence-corrected chi connectivity index (χ4v) is 4.90. The van der Waals surface area contributed by atoms with Gasteiger partial charge in [0.2, 0.25) is 15.9 Å². The molecule has 3 rings (SSSR count). The Bertz CT molecular complexity index is 1060. The van der Waals surface area contributed by atoms with E-state index in [2.05, 4.69) is 11.3 Å². The molecule has 1 saturated heterocycles. The van der Waals surface area contributed by atoms with E-state index >= 15 is 0 Å². The van der Waals surface area contributed by atoms with Crippen molar-refractivity contribution in [2.45, 2.75) is 19.4 Å². The molecule has 1 amide bonds. The maximum absolute atomic E-state index is 14.4. The van der Waals surface area contributed by atoms with Crippen LogP contribution < -0.4 is 9.62 Å². The van der Waals surface area contributed by atoms with Gasteiger partial charge in [0.1, 0.15) is 11.9 Å². The lowest BCUT2D eigenvalue weighted by Crippen LogP contribution is -2.40. The highest BCUT2D eigenvalue weighted by Gasteiger charge is 2.35. The molecule has 0 saturated carbocycles. The number of rotatable bonds is 6. The molecule has 148 valence electrons. The Morgan fingerprint density at radius 2 is 2.14 bits per heavy atom. The second-order valence-corrected chi connectivity index (χ2v) is 9.73. The largest absolute Gasteiger partial charge is 0.308 e. The standard InChI is InChI=1S/C19H18ClFN2O3S2/c1-12(2)13-3-5-17(15(21)11-13)23-9-7-16(19(23)24)22-28(25,26)10-8-14-4-6-18(20)27-14/h3-6,8,10-11,16,22H,1,7,9H2,2H3/t16-/m0/s1. The highest BCUT2D eigenvalue weighted by atomic mass is 35.5. The van der Waals surface area contributed by atoms with E-state index in [1.807, 2.05) is 0 Å². The molecule has 1 atom stereocenters. The number of allylic oxidation sites excluding steroid dienone is 1. The van der Waals surface area contributed by atoms with Crippen molar-refractivity contribution >= 4 is 56.2 Å². The molecule has 2 aromatic rings. The average Bonchev–Trinajstić information content (AvgIpc) is 3.19. The Hall–Kier alpha value is -2.00. The summed E-state index contributed by atoms with van der Waals surface area (Å²) in [7, 11) is -3.84. The summed E-state index contributed by atoms with van der Waals surface area (Å²) in [6.07, 6.45) is 1.66. The molecular weight excluding hydrogens is 423 g/mol. The molecule has 0 aliphatic carbocycles. The van der Waals surface area contributed by atoms with Gasteiger partial charge in [-0.3, -0.25) is 4.79 Å². The number of anilines is 1. The van der Waals surface area contributed by atoms with E-state index in [1.54, 1.807) is 25.1 Å². The number of nitrogens with zero attached hydrogens (tertiary/aromatic N) is 1. The first-order chi connectivity index (χ1) is 13.2. The van der Waals surface area contributed by atoms with Crippen molar-refractivity contribution in [2.75, 3.05) is 11.4 Å². The predicted octanol–water partition coefficient (Wildman–Crippen LogP) is 4.27. The fourth-order valence-electron chi connectivity index (χ4n) is 2.83. The summed E-state index contributed by atoms with van der Waals surface area (Å²) in [6, 6.07) is 6.92. The van der Waals surface area contributed by atoms with Crippen molar-refractivity contribution in [3.8, 4) is 0 Å². The summed E-state index contributed by atoms with van der Waals surface area (Å²) >= 11 is 7.05. The topological polar surface area (TPSA) is 66.5 Å². The maximum atomic E-state index is 14.4. The van der Waals surface area contributed by atoms with Gasteiger partial charge in [0.15, 0.2) is 0 Å². The van der Waals surface area contributed by atoms with Crippen LogP contribution in [0.25, 0.3) is 11.6 Å². The van der Waals surface area contributed by atoms with Crippen LogP contribution in [0.1, 0.15) is 23.8 Å². The Balaban J connectivity index is 1.71. The lowest BCUT2D eigenvalue weighted by atomic mass is 10.1. The second-order valence-electron chi connectivity index (χ2n) is 6.39. The minimum atomic E-state index is -3.84. The number of sulfonamides is 1.